The number of benzene rings is 1. The lowest BCUT2D eigenvalue weighted by Crippen LogP contribution is -2.25. The number of anilines is 1. The van der Waals surface area contributed by atoms with E-state index in [2.05, 4.69) is 5.16 Å². The van der Waals surface area contributed by atoms with Crippen molar-refractivity contribution in [3.8, 4) is 5.75 Å². The quantitative estimate of drug-likeness (QED) is 0.312. The Labute approximate surface area is 105 Å². The highest BCUT2D eigenvalue weighted by Crippen LogP contribution is 2.28. The number of nitrogens with zero attached hydrogens (tertiary/aromatic N) is 2. The third-order valence-electron chi connectivity index (χ3n) is 3.09. The van der Waals surface area contributed by atoms with E-state index in [1.807, 2.05) is 11.0 Å². The SMILES string of the molecule is COc1ccc(/C(N)=N/O)c(N2CCC(O)C2)c1. The van der Waals surface area contributed by atoms with E-state index in [1.165, 1.54) is 0 Å². The third kappa shape index (κ3) is 2.33. The van der Waals surface area contributed by atoms with Crippen LogP contribution >= 0.6 is 0 Å². The van der Waals surface area contributed by atoms with E-state index >= 15 is 0 Å². The van der Waals surface area contributed by atoms with Crippen LogP contribution in [0.2, 0.25) is 0 Å². The van der Waals surface area contributed by atoms with Crippen molar-refractivity contribution >= 4 is 11.5 Å². The van der Waals surface area contributed by atoms with Gasteiger partial charge in [-0.3, -0.25) is 0 Å². The van der Waals surface area contributed by atoms with E-state index in [0.29, 0.717) is 24.3 Å². The normalized spacial score (nSPS) is 20.2. The molecular formula is C12H17N3O3. The Morgan fingerprint density at radius 2 is 2.33 bits per heavy atom. The van der Waals surface area contributed by atoms with E-state index in [4.69, 9.17) is 15.7 Å². The number of amidine groups is 1. The van der Waals surface area contributed by atoms with Crippen molar-refractivity contribution in [2.24, 2.45) is 10.9 Å². The van der Waals surface area contributed by atoms with Crippen LogP contribution in [0.5, 0.6) is 5.75 Å². The Hall–Kier alpha value is -1.95. The lowest BCUT2D eigenvalue weighted by Gasteiger charge is -2.21. The summed E-state index contributed by atoms with van der Waals surface area (Å²) in [6, 6.07) is 5.32. The minimum atomic E-state index is -0.337. The lowest BCUT2D eigenvalue weighted by molar-refractivity contribution is 0.198. The van der Waals surface area contributed by atoms with Gasteiger partial charge in [0, 0.05) is 24.7 Å². The van der Waals surface area contributed by atoms with Crippen LogP contribution in [0.1, 0.15) is 12.0 Å². The number of β-amino-alcohol motifs (C(OH)–C–C–N with tert-alkyl or cyclic N) is 1. The number of nitrogens with two attached hydrogens (primary N) is 1. The van der Waals surface area contributed by atoms with Crippen molar-refractivity contribution < 1.29 is 15.1 Å². The highest BCUT2D eigenvalue weighted by Gasteiger charge is 2.23. The summed E-state index contributed by atoms with van der Waals surface area (Å²) in [7, 11) is 1.58. The molecule has 1 heterocycles. The van der Waals surface area contributed by atoms with Gasteiger partial charge in [-0.1, -0.05) is 5.16 Å². The van der Waals surface area contributed by atoms with Crippen molar-refractivity contribution in [1.82, 2.24) is 0 Å². The largest absolute Gasteiger partial charge is 0.497 e. The average molecular weight is 251 g/mol. The van der Waals surface area contributed by atoms with Crippen LogP contribution in [-0.2, 0) is 0 Å². The van der Waals surface area contributed by atoms with Crippen molar-refractivity contribution in [2.75, 3.05) is 25.1 Å². The summed E-state index contributed by atoms with van der Waals surface area (Å²) in [5, 5.41) is 21.4. The Kier molecular flexibility index (Phi) is 3.57. The molecule has 4 N–H and O–H groups in total. The third-order valence-corrected chi connectivity index (χ3v) is 3.09. The first-order valence-electron chi connectivity index (χ1n) is 5.74. The van der Waals surface area contributed by atoms with Crippen molar-refractivity contribution in [3.05, 3.63) is 23.8 Å². The molecule has 6 heteroatoms. The molecule has 6 nitrogen and oxygen atoms in total. The van der Waals surface area contributed by atoms with Crippen LogP contribution < -0.4 is 15.4 Å². The molecule has 1 saturated heterocycles. The number of aliphatic hydroxyl groups excluding tert-OH is 1. The summed E-state index contributed by atoms with van der Waals surface area (Å²) in [5.74, 6) is 0.745. The molecule has 98 valence electrons. The number of rotatable bonds is 3. The van der Waals surface area contributed by atoms with E-state index in [-0.39, 0.29) is 11.9 Å². The molecule has 0 saturated carbocycles. The summed E-state index contributed by atoms with van der Waals surface area (Å²) in [6.45, 7) is 1.28. The molecule has 1 aliphatic heterocycles. The second-order valence-corrected chi connectivity index (χ2v) is 4.26. The fourth-order valence-corrected chi connectivity index (χ4v) is 2.13. The fraction of sp³-hybridized carbons (Fsp3) is 0.417. The number of aliphatic hydroxyl groups is 1. The summed E-state index contributed by atoms with van der Waals surface area (Å²) >= 11 is 0. The Morgan fingerprint density at radius 1 is 1.56 bits per heavy atom. The molecule has 0 spiro atoms. The Bertz CT molecular complexity index is 462. The molecule has 18 heavy (non-hydrogen) atoms. The molecule has 2 rings (SSSR count). The van der Waals surface area contributed by atoms with Crippen molar-refractivity contribution in [1.29, 1.82) is 0 Å². The van der Waals surface area contributed by atoms with Gasteiger partial charge in [-0.25, -0.2) is 0 Å². The zero-order valence-corrected chi connectivity index (χ0v) is 10.2. The van der Waals surface area contributed by atoms with E-state index < -0.39 is 0 Å². The van der Waals surface area contributed by atoms with Gasteiger partial charge in [0.1, 0.15) is 5.75 Å². The highest BCUT2D eigenvalue weighted by atomic mass is 16.5. The molecule has 1 aliphatic rings. The molecule has 1 aromatic carbocycles. The first kappa shape index (κ1) is 12.5. The molecule has 0 radical (unpaired) electrons. The predicted octanol–water partition coefficient (Wildman–Crippen LogP) is 0.361. The second-order valence-electron chi connectivity index (χ2n) is 4.26. The summed E-state index contributed by atoms with van der Waals surface area (Å²) in [5.41, 5.74) is 7.10. The molecule has 0 bridgehead atoms. The molecule has 1 atom stereocenters. The zero-order chi connectivity index (χ0) is 13.1. The van der Waals surface area contributed by atoms with Gasteiger partial charge < -0.3 is 25.7 Å². The molecule has 0 amide bonds. The van der Waals surface area contributed by atoms with Crippen LogP contribution in [-0.4, -0.2) is 42.5 Å². The predicted molar refractivity (Wildman–Crippen MR) is 68.3 cm³/mol. The van der Waals surface area contributed by atoms with Gasteiger partial charge in [-0.15, -0.1) is 0 Å². The van der Waals surface area contributed by atoms with E-state index in [0.717, 1.165) is 12.2 Å². The van der Waals surface area contributed by atoms with Crippen LogP contribution in [0.15, 0.2) is 23.4 Å². The molecule has 1 unspecified atom stereocenters. The van der Waals surface area contributed by atoms with Gasteiger partial charge in [0.05, 0.1) is 18.9 Å². The average Bonchev–Trinajstić information content (AvgIpc) is 2.83. The molecule has 1 fully saturated rings. The molecule has 0 aromatic heterocycles. The van der Waals surface area contributed by atoms with Crippen LogP contribution in [0, 0.1) is 0 Å². The number of methoxy groups -OCH3 is 1. The topological polar surface area (TPSA) is 91.3 Å². The minimum Gasteiger partial charge on any atom is -0.497 e. The second kappa shape index (κ2) is 5.14. The minimum absolute atomic E-state index is 0.0500. The smallest absolute Gasteiger partial charge is 0.172 e. The van der Waals surface area contributed by atoms with Gasteiger partial charge in [0.15, 0.2) is 5.84 Å². The summed E-state index contributed by atoms with van der Waals surface area (Å²) in [4.78, 5) is 2.00. The maximum atomic E-state index is 9.59. The highest BCUT2D eigenvalue weighted by molar-refractivity contribution is 6.02. The van der Waals surface area contributed by atoms with E-state index in [1.54, 1.807) is 19.2 Å². The van der Waals surface area contributed by atoms with Crippen LogP contribution in [0.4, 0.5) is 5.69 Å². The Morgan fingerprint density at radius 3 is 2.89 bits per heavy atom. The van der Waals surface area contributed by atoms with Crippen molar-refractivity contribution in [2.45, 2.75) is 12.5 Å². The van der Waals surface area contributed by atoms with E-state index in [9.17, 15) is 5.11 Å². The number of oxime groups is 1. The van der Waals surface area contributed by atoms with Gasteiger partial charge in [0.2, 0.25) is 0 Å². The van der Waals surface area contributed by atoms with Gasteiger partial charge in [0.25, 0.3) is 0 Å². The first-order chi connectivity index (χ1) is 8.65. The Balaban J connectivity index is 2.41. The molecular weight excluding hydrogens is 234 g/mol. The van der Waals surface area contributed by atoms with Crippen molar-refractivity contribution in [3.63, 3.8) is 0 Å². The number of hydrogen-bond donors (Lipinski definition) is 3. The van der Waals surface area contributed by atoms with Crippen LogP contribution in [0.25, 0.3) is 0 Å². The fourth-order valence-electron chi connectivity index (χ4n) is 2.13. The maximum absolute atomic E-state index is 9.59. The molecule has 0 aliphatic carbocycles. The number of hydrogen-bond acceptors (Lipinski definition) is 5. The summed E-state index contributed by atoms with van der Waals surface area (Å²) < 4.78 is 5.18. The summed E-state index contributed by atoms with van der Waals surface area (Å²) in [6.07, 6.45) is 0.378. The zero-order valence-electron chi connectivity index (χ0n) is 10.2. The standard InChI is InChI=1S/C12H17N3O3/c1-18-9-2-3-10(12(13)14-17)11(6-9)15-5-4-8(16)7-15/h2-3,6,8,16-17H,4-5,7H2,1H3,(H2,13,14). The van der Waals surface area contributed by atoms with Crippen LogP contribution in [0.3, 0.4) is 0 Å². The van der Waals surface area contributed by atoms with Gasteiger partial charge in [-0.05, 0) is 18.6 Å². The van der Waals surface area contributed by atoms with Gasteiger partial charge in [-0.2, -0.15) is 0 Å². The monoisotopic (exact) mass is 251 g/mol. The molecule has 1 aromatic rings. The lowest BCUT2D eigenvalue weighted by atomic mass is 10.1. The van der Waals surface area contributed by atoms with Gasteiger partial charge >= 0.3 is 0 Å². The number of ether oxygens (including phenoxy) is 1. The first-order valence-corrected chi connectivity index (χ1v) is 5.74. The maximum Gasteiger partial charge on any atom is 0.172 e.